The largest absolute Gasteiger partial charge is 0.489 e. The Kier molecular flexibility index (Phi) is 3.98. The summed E-state index contributed by atoms with van der Waals surface area (Å²) in [5.41, 5.74) is -2.71. The molecule has 2 aromatic carbocycles. The molecular weight excluding hydrogens is 352 g/mol. The van der Waals surface area contributed by atoms with E-state index in [1.807, 2.05) is 0 Å². The zero-order valence-corrected chi connectivity index (χ0v) is 13.0. The number of hydrogen-bond donors (Lipinski definition) is 0. The number of rotatable bonds is 3. The van der Waals surface area contributed by atoms with Gasteiger partial charge in [-0.15, -0.1) is 0 Å². The van der Waals surface area contributed by atoms with Crippen molar-refractivity contribution in [1.29, 1.82) is 0 Å². The topological polar surface area (TPSA) is 34.0 Å². The monoisotopic (exact) mass is 360 g/mol. The molecule has 120 valence electrons. The molecule has 0 aromatic heterocycles. The Morgan fingerprint density at radius 3 is 1.96 bits per heavy atom. The number of alkyl halides is 3. The van der Waals surface area contributed by atoms with Crippen LogP contribution in [-0.2, 0) is 0 Å². The predicted octanol–water partition coefficient (Wildman–Crippen LogP) is 3.58. The molecule has 0 spiro atoms. The minimum atomic E-state index is -4.72. The van der Waals surface area contributed by atoms with Crippen molar-refractivity contribution in [2.24, 2.45) is 9.98 Å². The van der Waals surface area contributed by atoms with E-state index in [0.29, 0.717) is 5.75 Å². The normalized spacial score (nSPS) is 15.5. The van der Waals surface area contributed by atoms with E-state index in [4.69, 9.17) is 27.9 Å². The fourth-order valence-corrected chi connectivity index (χ4v) is 2.42. The minimum Gasteiger partial charge on any atom is -0.489 e. The van der Waals surface area contributed by atoms with Gasteiger partial charge in [0.15, 0.2) is 0 Å². The van der Waals surface area contributed by atoms with Gasteiger partial charge in [-0.05, 0) is 24.3 Å². The highest BCUT2D eigenvalue weighted by Gasteiger charge is 2.57. The maximum atomic E-state index is 13.6. The first-order valence-corrected chi connectivity index (χ1v) is 7.26. The fraction of sp³-hybridized carbons (Fsp3) is 0.200. The lowest BCUT2D eigenvalue weighted by Crippen LogP contribution is -2.46. The molecule has 1 aliphatic rings. The van der Waals surface area contributed by atoms with Gasteiger partial charge in [0.05, 0.1) is 20.8 Å². The van der Waals surface area contributed by atoms with Gasteiger partial charge in [0.25, 0.3) is 5.66 Å². The molecule has 0 saturated carbocycles. The van der Waals surface area contributed by atoms with Crippen LogP contribution in [0.2, 0.25) is 10.0 Å². The smallest absolute Gasteiger partial charge is 0.437 e. The second kappa shape index (κ2) is 5.69. The third-order valence-corrected chi connectivity index (χ3v) is 3.99. The molecule has 0 radical (unpaired) electrons. The number of nitrogens with zero attached hydrogens (tertiary/aromatic N) is 2. The van der Waals surface area contributed by atoms with E-state index < -0.39 is 18.4 Å². The van der Waals surface area contributed by atoms with E-state index in [-0.39, 0.29) is 20.8 Å². The van der Waals surface area contributed by atoms with Crippen molar-refractivity contribution in [3.63, 3.8) is 0 Å². The van der Waals surface area contributed by atoms with Crippen LogP contribution >= 0.6 is 23.2 Å². The zero-order valence-electron chi connectivity index (χ0n) is 11.4. The lowest BCUT2D eigenvalue weighted by atomic mass is 10.2. The molecule has 1 heterocycles. The summed E-state index contributed by atoms with van der Waals surface area (Å²) in [5.74, 6) is 0.300. The van der Waals surface area contributed by atoms with E-state index in [2.05, 4.69) is 9.98 Å². The third kappa shape index (κ3) is 3.01. The van der Waals surface area contributed by atoms with Crippen LogP contribution in [0, 0.1) is 0 Å². The van der Waals surface area contributed by atoms with Gasteiger partial charge in [-0.25, -0.2) is 9.98 Å². The van der Waals surface area contributed by atoms with Gasteiger partial charge in [-0.2, -0.15) is 13.2 Å². The van der Waals surface area contributed by atoms with Gasteiger partial charge in [0.1, 0.15) is 12.4 Å². The highest BCUT2D eigenvalue weighted by molar-refractivity contribution is 6.41. The Labute approximate surface area is 139 Å². The van der Waals surface area contributed by atoms with Gasteiger partial charge in [-0.1, -0.05) is 41.4 Å². The summed E-state index contributed by atoms with van der Waals surface area (Å²) in [5, 5.41) is 0.305. The Balaban J connectivity index is 2.02. The Morgan fingerprint density at radius 2 is 1.48 bits per heavy atom. The highest BCUT2D eigenvalue weighted by atomic mass is 35.5. The van der Waals surface area contributed by atoms with Crippen LogP contribution in [0.5, 0.6) is 5.75 Å². The van der Waals surface area contributed by atoms with E-state index in [1.165, 1.54) is 12.1 Å². The summed E-state index contributed by atoms with van der Waals surface area (Å²) >= 11 is 11.7. The van der Waals surface area contributed by atoms with Crippen molar-refractivity contribution in [2.45, 2.75) is 11.8 Å². The van der Waals surface area contributed by atoms with Gasteiger partial charge in [-0.3, -0.25) is 0 Å². The number of ether oxygens (including phenoxy) is 1. The Bertz CT molecular complexity index is 813. The fourth-order valence-electron chi connectivity index (χ4n) is 2.10. The van der Waals surface area contributed by atoms with Crippen LogP contribution in [-0.4, -0.2) is 18.4 Å². The first-order valence-electron chi connectivity index (χ1n) is 6.50. The van der Waals surface area contributed by atoms with Crippen molar-refractivity contribution in [3.05, 3.63) is 63.2 Å². The van der Waals surface area contributed by atoms with Crippen LogP contribution in [0.4, 0.5) is 13.2 Å². The van der Waals surface area contributed by atoms with Crippen LogP contribution in [0.1, 0.15) is 0 Å². The van der Waals surface area contributed by atoms with Gasteiger partial charge >= 0.3 is 6.18 Å². The Hall–Kier alpha value is -1.79. The molecule has 0 atom stereocenters. The number of fused-ring (bicyclic) bond motifs is 1. The number of benzene rings is 2. The number of halogens is 5. The summed E-state index contributed by atoms with van der Waals surface area (Å²) in [7, 11) is 0. The average molecular weight is 361 g/mol. The standard InChI is InChI=1S/C15H9Cl2F3N2O/c16-10-6-12-13(7-11(10)17)22-14(21-12,15(18,19)20)8-23-9-4-2-1-3-5-9/h1-7H,8H2. The molecule has 0 amide bonds. The van der Waals surface area contributed by atoms with E-state index >= 15 is 0 Å². The maximum absolute atomic E-state index is 13.6. The average Bonchev–Trinajstić information content (AvgIpc) is 2.85. The maximum Gasteiger partial charge on any atom is 0.437 e. The van der Waals surface area contributed by atoms with Crippen molar-refractivity contribution < 1.29 is 17.9 Å². The first-order chi connectivity index (χ1) is 10.8. The van der Waals surface area contributed by atoms with Gasteiger partial charge in [0.2, 0.25) is 0 Å². The zero-order chi connectivity index (χ0) is 16.7. The second-order valence-electron chi connectivity index (χ2n) is 4.89. The molecular formula is C15H9Cl2F3N2O. The van der Waals surface area contributed by atoms with E-state index in [9.17, 15) is 13.2 Å². The van der Waals surface area contributed by atoms with Gasteiger partial charge in [0, 0.05) is 0 Å². The molecule has 8 heteroatoms. The molecule has 0 saturated heterocycles. The van der Waals surface area contributed by atoms with Crippen molar-refractivity contribution >= 4 is 23.2 Å². The summed E-state index contributed by atoms with van der Waals surface area (Å²) in [6, 6.07) is 10.7. The second-order valence-corrected chi connectivity index (χ2v) is 5.71. The van der Waals surface area contributed by atoms with Crippen LogP contribution in [0.3, 0.4) is 0 Å². The van der Waals surface area contributed by atoms with Crippen LogP contribution in [0.25, 0.3) is 0 Å². The van der Waals surface area contributed by atoms with E-state index in [0.717, 1.165) is 0 Å². The quantitative estimate of drug-likeness (QED) is 0.823. The summed E-state index contributed by atoms with van der Waals surface area (Å²) < 4.78 is 45.9. The molecule has 1 aliphatic heterocycles. The Morgan fingerprint density at radius 1 is 0.957 bits per heavy atom. The number of hydrogen-bond acceptors (Lipinski definition) is 3. The summed E-state index contributed by atoms with van der Waals surface area (Å²) in [6.45, 7) is -0.773. The molecule has 0 fully saturated rings. The molecule has 0 N–H and O–H groups in total. The van der Waals surface area contributed by atoms with Crippen LogP contribution in [0.15, 0.2) is 52.4 Å². The third-order valence-electron chi connectivity index (χ3n) is 3.27. The van der Waals surface area contributed by atoms with Gasteiger partial charge < -0.3 is 4.74 Å². The van der Waals surface area contributed by atoms with Crippen molar-refractivity contribution in [1.82, 2.24) is 0 Å². The number of para-hydroxylation sites is 1. The molecule has 0 unspecified atom stereocenters. The molecule has 0 bridgehead atoms. The van der Waals surface area contributed by atoms with Crippen molar-refractivity contribution in [3.8, 4) is 5.75 Å². The molecule has 23 heavy (non-hydrogen) atoms. The lowest BCUT2D eigenvalue weighted by molar-refractivity contribution is -0.190. The summed E-state index contributed by atoms with van der Waals surface area (Å²) in [4.78, 5) is 7.42. The SMILES string of the molecule is FC(F)(F)C1(COc2ccccc2)N=c2cc(Cl)c(Cl)cc2=N1. The van der Waals surface area contributed by atoms with Crippen molar-refractivity contribution in [2.75, 3.05) is 6.61 Å². The minimum absolute atomic E-state index is 0.0355. The molecule has 3 nitrogen and oxygen atoms in total. The summed E-state index contributed by atoms with van der Waals surface area (Å²) in [6.07, 6.45) is -4.72. The van der Waals surface area contributed by atoms with Crippen LogP contribution < -0.4 is 15.5 Å². The first kappa shape index (κ1) is 16.1. The molecule has 0 aliphatic carbocycles. The predicted molar refractivity (Wildman–Crippen MR) is 79.5 cm³/mol. The highest BCUT2D eigenvalue weighted by Crippen LogP contribution is 2.36. The van der Waals surface area contributed by atoms with E-state index in [1.54, 1.807) is 30.3 Å². The molecule has 2 aromatic rings. The molecule has 3 rings (SSSR count). The lowest BCUT2D eigenvalue weighted by Gasteiger charge is -2.25.